The van der Waals surface area contributed by atoms with Gasteiger partial charge in [0, 0.05) is 32.2 Å². The van der Waals surface area contributed by atoms with Crippen LogP contribution in [-0.4, -0.2) is 50.2 Å². The first kappa shape index (κ1) is 14.1. The number of likely N-dealkylation sites (N-methyl/N-ethyl adjacent to an activating group) is 1. The van der Waals surface area contributed by atoms with Gasteiger partial charge in [-0.3, -0.25) is 4.79 Å². The van der Waals surface area contributed by atoms with E-state index in [-0.39, 0.29) is 12.0 Å². The normalized spacial score (nSPS) is 19.5. The molecule has 19 heavy (non-hydrogen) atoms. The predicted molar refractivity (Wildman–Crippen MR) is 72.5 cm³/mol. The zero-order chi connectivity index (χ0) is 14.0. The van der Waals surface area contributed by atoms with E-state index in [0.29, 0.717) is 24.5 Å². The molecule has 0 aliphatic carbocycles. The molecular weight excluding hydrogens is 244 g/mol. The van der Waals surface area contributed by atoms with Crippen LogP contribution in [0.1, 0.15) is 27.4 Å². The second kappa shape index (κ2) is 5.75. The summed E-state index contributed by atoms with van der Waals surface area (Å²) >= 11 is 0. The van der Waals surface area contributed by atoms with Gasteiger partial charge in [0.25, 0.3) is 5.91 Å². The van der Waals surface area contributed by atoms with Crippen LogP contribution in [0.25, 0.3) is 0 Å². The summed E-state index contributed by atoms with van der Waals surface area (Å²) in [5, 5.41) is 3.26. The van der Waals surface area contributed by atoms with Gasteiger partial charge in [0.05, 0.1) is 18.3 Å². The number of nitrogens with one attached hydrogen (secondary N) is 1. The molecule has 5 nitrogen and oxygen atoms in total. The lowest BCUT2D eigenvalue weighted by Crippen LogP contribution is -2.45. The molecule has 0 aromatic carbocycles. The summed E-state index contributed by atoms with van der Waals surface area (Å²) < 4.78 is 11.1. The number of carbonyl (C=O) groups is 1. The molecule has 1 amide bonds. The number of hydrogen-bond acceptors (Lipinski definition) is 4. The van der Waals surface area contributed by atoms with E-state index in [1.165, 1.54) is 0 Å². The Morgan fingerprint density at radius 3 is 2.63 bits per heavy atom. The molecule has 0 bridgehead atoms. The zero-order valence-electron chi connectivity index (χ0n) is 12.1. The van der Waals surface area contributed by atoms with Gasteiger partial charge in [-0.25, -0.2) is 0 Å². The van der Waals surface area contributed by atoms with Crippen LogP contribution in [0.4, 0.5) is 0 Å². The van der Waals surface area contributed by atoms with Gasteiger partial charge in [-0.15, -0.1) is 0 Å². The molecule has 106 valence electrons. The van der Waals surface area contributed by atoms with Crippen molar-refractivity contribution in [3.63, 3.8) is 0 Å². The van der Waals surface area contributed by atoms with Crippen molar-refractivity contribution in [3.05, 3.63) is 22.6 Å². The molecule has 1 N–H and O–H groups in total. The molecule has 1 aromatic heterocycles. The SMILES string of the molecule is Cc1oc(C)c(C(=O)N(C)CC2CNCCO2)c1C. The van der Waals surface area contributed by atoms with Crippen molar-refractivity contribution in [2.45, 2.75) is 26.9 Å². The molecule has 1 aliphatic rings. The lowest BCUT2D eigenvalue weighted by molar-refractivity contribution is 0.0103. The van der Waals surface area contributed by atoms with Crippen molar-refractivity contribution < 1.29 is 13.9 Å². The first-order chi connectivity index (χ1) is 9.00. The molecule has 1 saturated heterocycles. The van der Waals surface area contributed by atoms with Crippen LogP contribution >= 0.6 is 0 Å². The summed E-state index contributed by atoms with van der Waals surface area (Å²) in [7, 11) is 1.81. The van der Waals surface area contributed by atoms with Crippen molar-refractivity contribution in [1.29, 1.82) is 0 Å². The third kappa shape index (κ3) is 2.98. The monoisotopic (exact) mass is 266 g/mol. The molecule has 1 atom stereocenters. The number of furan rings is 1. The van der Waals surface area contributed by atoms with E-state index < -0.39 is 0 Å². The zero-order valence-corrected chi connectivity index (χ0v) is 12.1. The highest BCUT2D eigenvalue weighted by molar-refractivity contribution is 5.96. The van der Waals surface area contributed by atoms with Crippen LogP contribution in [0, 0.1) is 20.8 Å². The second-order valence-electron chi connectivity index (χ2n) is 5.10. The van der Waals surface area contributed by atoms with Gasteiger partial charge in [-0.1, -0.05) is 0 Å². The molecule has 0 saturated carbocycles. The van der Waals surface area contributed by atoms with Crippen LogP contribution in [0.3, 0.4) is 0 Å². The van der Waals surface area contributed by atoms with E-state index in [0.717, 1.165) is 24.4 Å². The second-order valence-corrected chi connectivity index (χ2v) is 5.10. The van der Waals surface area contributed by atoms with Crippen molar-refractivity contribution in [3.8, 4) is 0 Å². The van der Waals surface area contributed by atoms with Crippen molar-refractivity contribution in [2.75, 3.05) is 33.3 Å². The first-order valence-corrected chi connectivity index (χ1v) is 6.65. The minimum atomic E-state index is 0.000948. The van der Waals surface area contributed by atoms with Gasteiger partial charge in [0.2, 0.25) is 0 Å². The summed E-state index contributed by atoms with van der Waals surface area (Å²) in [5.41, 5.74) is 1.61. The minimum absolute atomic E-state index is 0.000948. The average Bonchev–Trinajstić information content (AvgIpc) is 2.63. The van der Waals surface area contributed by atoms with E-state index in [9.17, 15) is 4.79 Å². The Labute approximate surface area is 113 Å². The quantitative estimate of drug-likeness (QED) is 0.895. The smallest absolute Gasteiger partial charge is 0.257 e. The maximum Gasteiger partial charge on any atom is 0.257 e. The average molecular weight is 266 g/mol. The van der Waals surface area contributed by atoms with Crippen molar-refractivity contribution in [1.82, 2.24) is 10.2 Å². The number of morpholine rings is 1. The number of rotatable bonds is 3. The van der Waals surface area contributed by atoms with Gasteiger partial charge in [-0.2, -0.15) is 0 Å². The first-order valence-electron chi connectivity index (χ1n) is 6.65. The molecule has 1 aliphatic heterocycles. The largest absolute Gasteiger partial charge is 0.466 e. The highest BCUT2D eigenvalue weighted by atomic mass is 16.5. The Hall–Kier alpha value is -1.33. The number of carbonyl (C=O) groups excluding carboxylic acids is 1. The lowest BCUT2D eigenvalue weighted by Gasteiger charge is -2.28. The summed E-state index contributed by atoms with van der Waals surface area (Å²) in [6.07, 6.45) is 0.0660. The molecule has 1 aromatic rings. The summed E-state index contributed by atoms with van der Waals surface area (Å²) in [4.78, 5) is 14.2. The van der Waals surface area contributed by atoms with E-state index >= 15 is 0 Å². The third-order valence-corrected chi connectivity index (χ3v) is 3.60. The fraction of sp³-hybridized carbons (Fsp3) is 0.643. The molecule has 2 heterocycles. The Morgan fingerprint density at radius 2 is 2.11 bits per heavy atom. The van der Waals surface area contributed by atoms with Crippen LogP contribution in [0.5, 0.6) is 0 Å². The molecular formula is C14H22N2O3. The van der Waals surface area contributed by atoms with E-state index in [2.05, 4.69) is 5.32 Å². The predicted octanol–water partition coefficient (Wildman–Crippen LogP) is 1.27. The third-order valence-electron chi connectivity index (χ3n) is 3.60. The van der Waals surface area contributed by atoms with Gasteiger partial charge in [-0.05, 0) is 20.8 Å². The number of ether oxygens (including phenoxy) is 1. The maximum atomic E-state index is 12.5. The summed E-state index contributed by atoms with van der Waals surface area (Å²) in [6, 6.07) is 0. The van der Waals surface area contributed by atoms with Crippen molar-refractivity contribution >= 4 is 5.91 Å². The molecule has 5 heteroatoms. The van der Waals surface area contributed by atoms with Gasteiger partial charge in [0.1, 0.15) is 11.5 Å². The Kier molecular flexibility index (Phi) is 4.27. The maximum absolute atomic E-state index is 12.5. The van der Waals surface area contributed by atoms with Crippen LogP contribution in [-0.2, 0) is 4.74 Å². The summed E-state index contributed by atoms with van der Waals surface area (Å²) in [6.45, 7) is 8.61. The molecule has 1 fully saturated rings. The van der Waals surface area contributed by atoms with E-state index in [4.69, 9.17) is 9.15 Å². The number of amides is 1. The minimum Gasteiger partial charge on any atom is -0.466 e. The fourth-order valence-electron chi connectivity index (χ4n) is 2.42. The fourth-order valence-corrected chi connectivity index (χ4v) is 2.42. The van der Waals surface area contributed by atoms with Gasteiger partial charge < -0.3 is 19.4 Å². The molecule has 0 spiro atoms. The summed E-state index contributed by atoms with van der Waals surface area (Å²) in [5.74, 6) is 1.50. The Bertz CT molecular complexity index is 462. The van der Waals surface area contributed by atoms with Crippen LogP contribution in [0.15, 0.2) is 4.42 Å². The number of aryl methyl sites for hydroxylation is 2. The topological polar surface area (TPSA) is 54.7 Å². The van der Waals surface area contributed by atoms with Crippen LogP contribution < -0.4 is 5.32 Å². The lowest BCUT2D eigenvalue weighted by atomic mass is 10.1. The highest BCUT2D eigenvalue weighted by Gasteiger charge is 2.24. The highest BCUT2D eigenvalue weighted by Crippen LogP contribution is 2.22. The molecule has 2 rings (SSSR count). The van der Waals surface area contributed by atoms with Crippen molar-refractivity contribution in [2.24, 2.45) is 0 Å². The number of hydrogen-bond donors (Lipinski definition) is 1. The van der Waals surface area contributed by atoms with Gasteiger partial charge in [0.15, 0.2) is 0 Å². The standard InChI is InChI=1S/C14H22N2O3/c1-9-10(2)19-11(3)13(9)14(17)16(4)8-12-7-15-5-6-18-12/h12,15H,5-8H2,1-4H3. The van der Waals surface area contributed by atoms with Gasteiger partial charge >= 0.3 is 0 Å². The Balaban J connectivity index is 2.05. The molecule has 0 radical (unpaired) electrons. The van der Waals surface area contributed by atoms with E-state index in [1.807, 2.05) is 27.8 Å². The van der Waals surface area contributed by atoms with Crippen LogP contribution in [0.2, 0.25) is 0 Å². The number of nitrogens with zero attached hydrogens (tertiary/aromatic N) is 1. The van der Waals surface area contributed by atoms with E-state index in [1.54, 1.807) is 4.90 Å². The Morgan fingerprint density at radius 1 is 1.37 bits per heavy atom. The molecule has 1 unspecified atom stereocenters.